The molecule has 0 saturated heterocycles. The average molecular weight is 428 g/mol. The Labute approximate surface area is 160 Å². The number of nitrogens with zero attached hydrogens (tertiary/aromatic N) is 2. The quantitative estimate of drug-likeness (QED) is 0.419. The fourth-order valence-electron chi connectivity index (χ4n) is 1.88. The zero-order valence-electron chi connectivity index (χ0n) is 14.3. The number of halogens is 6. The van der Waals surface area contributed by atoms with Crippen LogP contribution in [0.3, 0.4) is 0 Å². The molecule has 0 N–H and O–H groups in total. The Bertz CT molecular complexity index is 786. The van der Waals surface area contributed by atoms with E-state index in [1.165, 1.54) is 25.3 Å². The molecule has 28 heavy (non-hydrogen) atoms. The van der Waals surface area contributed by atoms with Gasteiger partial charge in [0.05, 0.1) is 13.7 Å². The molecule has 0 aliphatic heterocycles. The Hall–Kier alpha value is -2.37. The van der Waals surface area contributed by atoms with Crippen molar-refractivity contribution >= 4 is 11.8 Å². The van der Waals surface area contributed by atoms with Crippen LogP contribution in [-0.4, -0.2) is 34.9 Å². The second-order valence-corrected chi connectivity index (χ2v) is 6.32. The van der Waals surface area contributed by atoms with Gasteiger partial charge in [0, 0.05) is 30.1 Å². The van der Waals surface area contributed by atoms with Gasteiger partial charge in [-0.3, -0.25) is 4.98 Å². The minimum Gasteiger partial charge on any atom is -0.496 e. The van der Waals surface area contributed by atoms with Crippen molar-refractivity contribution < 1.29 is 40.6 Å². The lowest BCUT2D eigenvalue weighted by molar-refractivity contribution is -0.141. The summed E-state index contributed by atoms with van der Waals surface area (Å²) in [6.07, 6.45) is -3.59. The summed E-state index contributed by atoms with van der Waals surface area (Å²) in [5.41, 5.74) is -5.44. The molecule has 0 aromatic carbocycles. The zero-order chi connectivity index (χ0) is 20.8. The molecular formula is C16H14F6N2O3S. The standard InChI is InChI=1S/C16H14F6N2O3S/c1-25-11-8-13(26-5-2-6-28-16(20,21)22)24-14(9-11)27-10-3-4-23-12(7-10)15(17,18)19/h3-4,7-9H,2,5-6H2,1H3. The molecule has 154 valence electrons. The highest BCUT2D eigenvalue weighted by Crippen LogP contribution is 2.33. The Morgan fingerprint density at radius 3 is 2.36 bits per heavy atom. The van der Waals surface area contributed by atoms with Crippen molar-refractivity contribution in [1.29, 1.82) is 0 Å². The molecule has 0 aliphatic carbocycles. The average Bonchev–Trinajstić information content (AvgIpc) is 2.59. The molecule has 2 heterocycles. The van der Waals surface area contributed by atoms with Gasteiger partial charge in [-0.1, -0.05) is 11.8 Å². The van der Waals surface area contributed by atoms with Gasteiger partial charge in [0.1, 0.15) is 17.2 Å². The summed E-state index contributed by atoms with van der Waals surface area (Å²) in [4.78, 5) is 7.18. The lowest BCUT2D eigenvalue weighted by Gasteiger charge is -2.12. The van der Waals surface area contributed by atoms with E-state index < -0.39 is 17.4 Å². The maximum Gasteiger partial charge on any atom is 0.441 e. The summed E-state index contributed by atoms with van der Waals surface area (Å²) in [7, 11) is 1.34. The summed E-state index contributed by atoms with van der Waals surface area (Å²) in [6.45, 7) is -0.0455. The van der Waals surface area contributed by atoms with E-state index in [9.17, 15) is 26.3 Å². The number of ether oxygens (including phenoxy) is 3. The second kappa shape index (κ2) is 9.22. The highest BCUT2D eigenvalue weighted by Gasteiger charge is 2.32. The molecule has 0 bridgehead atoms. The number of aromatic nitrogens is 2. The lowest BCUT2D eigenvalue weighted by atomic mass is 10.3. The maximum absolute atomic E-state index is 12.7. The number of methoxy groups -OCH3 is 1. The van der Waals surface area contributed by atoms with E-state index in [0.29, 0.717) is 6.07 Å². The Morgan fingerprint density at radius 1 is 1.00 bits per heavy atom. The molecule has 0 amide bonds. The number of thioether (sulfide) groups is 1. The molecule has 0 fully saturated rings. The monoisotopic (exact) mass is 428 g/mol. The number of pyridine rings is 2. The van der Waals surface area contributed by atoms with Gasteiger partial charge in [0.15, 0.2) is 0 Å². The minimum atomic E-state index is -4.64. The number of hydrogen-bond acceptors (Lipinski definition) is 6. The molecule has 5 nitrogen and oxygen atoms in total. The SMILES string of the molecule is COc1cc(OCCCSC(F)(F)F)nc(Oc2ccnc(C(F)(F)F)c2)c1. The van der Waals surface area contributed by atoms with Gasteiger partial charge in [0.2, 0.25) is 11.8 Å². The minimum absolute atomic E-state index is 0.00328. The molecule has 0 aliphatic rings. The molecule has 0 atom stereocenters. The third-order valence-electron chi connectivity index (χ3n) is 3.04. The van der Waals surface area contributed by atoms with Crippen LogP contribution in [-0.2, 0) is 6.18 Å². The third-order valence-corrected chi connectivity index (χ3v) is 3.86. The molecule has 12 heteroatoms. The van der Waals surface area contributed by atoms with Crippen molar-refractivity contribution in [3.8, 4) is 23.3 Å². The van der Waals surface area contributed by atoms with Crippen molar-refractivity contribution in [3.05, 3.63) is 36.2 Å². The Kier molecular flexibility index (Phi) is 7.22. The third kappa shape index (κ3) is 7.33. The van der Waals surface area contributed by atoms with Crippen LogP contribution in [0.2, 0.25) is 0 Å². The highest BCUT2D eigenvalue weighted by molar-refractivity contribution is 8.00. The topological polar surface area (TPSA) is 53.5 Å². The summed E-state index contributed by atoms with van der Waals surface area (Å²) in [6, 6.07) is 4.61. The Morgan fingerprint density at radius 2 is 1.71 bits per heavy atom. The van der Waals surface area contributed by atoms with Crippen molar-refractivity contribution in [1.82, 2.24) is 9.97 Å². The first-order valence-corrected chi connectivity index (χ1v) is 8.66. The van der Waals surface area contributed by atoms with Gasteiger partial charge in [-0.15, -0.1) is 0 Å². The maximum atomic E-state index is 12.7. The van der Waals surface area contributed by atoms with E-state index >= 15 is 0 Å². The largest absolute Gasteiger partial charge is 0.496 e. The molecule has 2 rings (SSSR count). The van der Waals surface area contributed by atoms with Crippen LogP contribution in [0.15, 0.2) is 30.5 Å². The van der Waals surface area contributed by atoms with Gasteiger partial charge in [0.25, 0.3) is 0 Å². The van der Waals surface area contributed by atoms with Crippen LogP contribution in [0.1, 0.15) is 12.1 Å². The predicted molar refractivity (Wildman–Crippen MR) is 88.7 cm³/mol. The van der Waals surface area contributed by atoms with E-state index in [1.54, 1.807) is 0 Å². The van der Waals surface area contributed by atoms with E-state index in [1.807, 2.05) is 0 Å². The molecule has 0 unspecified atom stereocenters. The van der Waals surface area contributed by atoms with Gasteiger partial charge in [-0.05, 0) is 12.5 Å². The predicted octanol–water partition coefficient (Wildman–Crippen LogP) is 5.32. The molecule has 2 aromatic heterocycles. The van der Waals surface area contributed by atoms with Crippen LogP contribution in [0.4, 0.5) is 26.3 Å². The normalized spacial score (nSPS) is 12.0. The molecule has 0 radical (unpaired) electrons. The fourth-order valence-corrected chi connectivity index (χ4v) is 2.37. The first kappa shape index (κ1) is 21.9. The zero-order valence-corrected chi connectivity index (χ0v) is 15.1. The molecule has 0 spiro atoms. The summed E-state index contributed by atoms with van der Waals surface area (Å²) in [5.74, 6) is -0.214. The number of rotatable bonds is 8. The lowest BCUT2D eigenvalue weighted by Crippen LogP contribution is -2.07. The number of hydrogen-bond donors (Lipinski definition) is 0. The van der Waals surface area contributed by atoms with E-state index in [2.05, 4.69) is 9.97 Å². The molecule has 0 saturated carbocycles. The van der Waals surface area contributed by atoms with E-state index in [0.717, 1.165) is 6.20 Å². The first-order valence-electron chi connectivity index (χ1n) is 7.67. The van der Waals surface area contributed by atoms with E-state index in [4.69, 9.17) is 14.2 Å². The molecule has 2 aromatic rings. The van der Waals surface area contributed by atoms with Crippen LogP contribution in [0, 0.1) is 0 Å². The van der Waals surface area contributed by atoms with E-state index in [-0.39, 0.29) is 53.8 Å². The van der Waals surface area contributed by atoms with Crippen molar-refractivity contribution in [3.63, 3.8) is 0 Å². The van der Waals surface area contributed by atoms with Crippen molar-refractivity contribution in [2.45, 2.75) is 18.1 Å². The van der Waals surface area contributed by atoms with Gasteiger partial charge in [-0.2, -0.15) is 31.3 Å². The van der Waals surface area contributed by atoms with Crippen LogP contribution < -0.4 is 14.2 Å². The summed E-state index contributed by atoms with van der Waals surface area (Å²) in [5, 5.41) is 0. The van der Waals surface area contributed by atoms with Crippen molar-refractivity contribution in [2.24, 2.45) is 0 Å². The smallest absolute Gasteiger partial charge is 0.441 e. The van der Waals surface area contributed by atoms with Gasteiger partial charge < -0.3 is 14.2 Å². The van der Waals surface area contributed by atoms with Gasteiger partial charge >= 0.3 is 11.7 Å². The molecular weight excluding hydrogens is 414 g/mol. The van der Waals surface area contributed by atoms with Crippen molar-refractivity contribution in [2.75, 3.05) is 19.5 Å². The second-order valence-electron chi connectivity index (χ2n) is 5.16. The van der Waals surface area contributed by atoms with Crippen LogP contribution >= 0.6 is 11.8 Å². The number of alkyl halides is 6. The van der Waals surface area contributed by atoms with Gasteiger partial charge in [-0.25, -0.2) is 0 Å². The summed E-state index contributed by atoms with van der Waals surface area (Å²) >= 11 is -0.163. The summed E-state index contributed by atoms with van der Waals surface area (Å²) < 4.78 is 90.0. The van der Waals surface area contributed by atoms with Crippen LogP contribution in [0.5, 0.6) is 23.3 Å². The first-order chi connectivity index (χ1) is 13.1. The fraction of sp³-hybridized carbons (Fsp3) is 0.375. The Balaban J connectivity index is 2.04. The van der Waals surface area contributed by atoms with Crippen LogP contribution in [0.25, 0.3) is 0 Å². The highest BCUT2D eigenvalue weighted by atomic mass is 32.2.